The largest absolute Gasteiger partial charge is 0.494 e. The van der Waals surface area contributed by atoms with E-state index in [-0.39, 0.29) is 12.5 Å². The van der Waals surface area contributed by atoms with E-state index >= 15 is 0 Å². The van der Waals surface area contributed by atoms with E-state index in [0.717, 1.165) is 23.4 Å². The van der Waals surface area contributed by atoms with E-state index in [1.807, 2.05) is 54.6 Å². The summed E-state index contributed by atoms with van der Waals surface area (Å²) in [6, 6.07) is 17.6. The molecule has 0 unspecified atom stereocenters. The first-order chi connectivity index (χ1) is 11.6. The number of anilines is 1. The second-order valence-corrected chi connectivity index (χ2v) is 6.17. The van der Waals surface area contributed by atoms with Crippen LogP contribution in [-0.4, -0.2) is 19.1 Å². The first-order valence-corrected chi connectivity index (χ1v) is 8.41. The number of ether oxygens (including phenoxy) is 1. The van der Waals surface area contributed by atoms with E-state index in [0.29, 0.717) is 19.1 Å². The normalized spacial score (nSPS) is 10.5. The Bertz CT molecular complexity index is 627. The highest BCUT2D eigenvalue weighted by Gasteiger charge is 2.03. The highest BCUT2D eigenvalue weighted by Crippen LogP contribution is 2.17. The molecule has 2 N–H and O–H groups in total. The lowest BCUT2D eigenvalue weighted by molar-refractivity contribution is -0.119. The minimum absolute atomic E-state index is 0.0371. The molecule has 128 valence electrons. The lowest BCUT2D eigenvalue weighted by Crippen LogP contribution is -2.29. The summed E-state index contributed by atoms with van der Waals surface area (Å²) >= 11 is 0. The molecule has 0 radical (unpaired) electrons. The van der Waals surface area contributed by atoms with Crippen molar-refractivity contribution in [1.29, 1.82) is 0 Å². The predicted octanol–water partition coefficient (Wildman–Crippen LogP) is 3.84. The molecule has 24 heavy (non-hydrogen) atoms. The van der Waals surface area contributed by atoms with E-state index in [1.54, 1.807) is 0 Å². The topological polar surface area (TPSA) is 50.4 Å². The van der Waals surface area contributed by atoms with Crippen molar-refractivity contribution < 1.29 is 9.53 Å². The van der Waals surface area contributed by atoms with Gasteiger partial charge in [-0.05, 0) is 30.0 Å². The fourth-order valence-electron chi connectivity index (χ4n) is 2.15. The van der Waals surface area contributed by atoms with Gasteiger partial charge in [0, 0.05) is 18.3 Å². The lowest BCUT2D eigenvalue weighted by atomic mass is 10.1. The van der Waals surface area contributed by atoms with Gasteiger partial charge in [0.05, 0.1) is 13.2 Å². The summed E-state index contributed by atoms with van der Waals surface area (Å²) < 4.78 is 5.73. The van der Waals surface area contributed by atoms with Crippen LogP contribution >= 0.6 is 0 Å². The number of rotatable bonds is 9. The lowest BCUT2D eigenvalue weighted by Gasteiger charge is -2.11. The van der Waals surface area contributed by atoms with E-state index in [4.69, 9.17) is 4.74 Å². The van der Waals surface area contributed by atoms with Crippen LogP contribution < -0.4 is 15.4 Å². The number of nitrogens with one attached hydrogen (secondary N) is 2. The molecule has 0 heterocycles. The Balaban J connectivity index is 1.74. The first-order valence-electron chi connectivity index (χ1n) is 8.41. The van der Waals surface area contributed by atoms with Crippen molar-refractivity contribution in [1.82, 2.24) is 5.32 Å². The van der Waals surface area contributed by atoms with E-state index in [2.05, 4.69) is 24.5 Å². The fourth-order valence-corrected chi connectivity index (χ4v) is 2.15. The molecule has 2 aromatic rings. The van der Waals surface area contributed by atoms with Crippen LogP contribution in [0.15, 0.2) is 54.6 Å². The molecule has 0 spiro atoms. The van der Waals surface area contributed by atoms with Crippen LogP contribution in [0.5, 0.6) is 5.75 Å². The third kappa shape index (κ3) is 6.73. The summed E-state index contributed by atoms with van der Waals surface area (Å²) in [5, 5.41) is 6.03. The van der Waals surface area contributed by atoms with Gasteiger partial charge in [0.15, 0.2) is 0 Å². The minimum atomic E-state index is -0.0371. The highest BCUT2D eigenvalue weighted by molar-refractivity contribution is 5.80. The van der Waals surface area contributed by atoms with Crippen LogP contribution in [-0.2, 0) is 11.3 Å². The zero-order valence-electron chi connectivity index (χ0n) is 14.4. The van der Waals surface area contributed by atoms with Crippen LogP contribution in [0.25, 0.3) is 0 Å². The summed E-state index contributed by atoms with van der Waals surface area (Å²) in [6.07, 6.45) is 1.03. The molecule has 2 rings (SSSR count). The summed E-state index contributed by atoms with van der Waals surface area (Å²) in [6.45, 7) is 5.84. The van der Waals surface area contributed by atoms with Gasteiger partial charge in [0.1, 0.15) is 5.75 Å². The third-order valence-electron chi connectivity index (χ3n) is 3.58. The van der Waals surface area contributed by atoms with Crippen molar-refractivity contribution in [3.05, 3.63) is 60.2 Å². The zero-order chi connectivity index (χ0) is 17.2. The molecule has 4 heteroatoms. The van der Waals surface area contributed by atoms with Crippen molar-refractivity contribution in [2.45, 2.75) is 26.8 Å². The highest BCUT2D eigenvalue weighted by atomic mass is 16.5. The Morgan fingerprint density at radius 2 is 1.88 bits per heavy atom. The van der Waals surface area contributed by atoms with Gasteiger partial charge in [-0.25, -0.2) is 0 Å². The molecule has 0 aromatic heterocycles. The molecule has 2 aromatic carbocycles. The second kappa shape index (κ2) is 9.60. The molecule has 4 nitrogen and oxygen atoms in total. The number of amides is 1. The molecule has 0 saturated heterocycles. The maximum atomic E-state index is 11.9. The quantitative estimate of drug-likeness (QED) is 0.736. The van der Waals surface area contributed by atoms with Crippen molar-refractivity contribution in [2.24, 2.45) is 5.92 Å². The average Bonchev–Trinajstić information content (AvgIpc) is 2.59. The Labute approximate surface area is 144 Å². The van der Waals surface area contributed by atoms with Gasteiger partial charge in [0.25, 0.3) is 0 Å². The smallest absolute Gasteiger partial charge is 0.239 e. The number of benzene rings is 2. The molecular formula is C20H26N2O2. The van der Waals surface area contributed by atoms with Crippen LogP contribution in [0.1, 0.15) is 25.8 Å². The molecule has 0 atom stereocenters. The van der Waals surface area contributed by atoms with Crippen LogP contribution in [0, 0.1) is 5.92 Å². The molecule has 0 bridgehead atoms. The summed E-state index contributed by atoms with van der Waals surface area (Å²) in [5.74, 6) is 1.41. The maximum absolute atomic E-state index is 11.9. The summed E-state index contributed by atoms with van der Waals surface area (Å²) in [5.41, 5.74) is 1.97. The first kappa shape index (κ1) is 17.9. The van der Waals surface area contributed by atoms with Crippen LogP contribution in [0.2, 0.25) is 0 Å². The van der Waals surface area contributed by atoms with Gasteiger partial charge in [-0.1, -0.05) is 50.2 Å². The summed E-state index contributed by atoms with van der Waals surface area (Å²) in [7, 11) is 0. The van der Waals surface area contributed by atoms with Crippen LogP contribution in [0.4, 0.5) is 5.69 Å². The van der Waals surface area contributed by atoms with Gasteiger partial charge >= 0.3 is 0 Å². The number of carbonyl (C=O) groups is 1. The SMILES string of the molecule is CC(C)CCOc1cccc(NCC(=O)NCc2ccccc2)c1. The van der Waals surface area contributed by atoms with Crippen LogP contribution in [0.3, 0.4) is 0 Å². The molecule has 0 fully saturated rings. The van der Waals surface area contributed by atoms with Crippen molar-refractivity contribution >= 4 is 11.6 Å². The average molecular weight is 326 g/mol. The van der Waals surface area contributed by atoms with Gasteiger partial charge in [-0.15, -0.1) is 0 Å². The molecule has 1 amide bonds. The second-order valence-electron chi connectivity index (χ2n) is 6.17. The number of hydrogen-bond donors (Lipinski definition) is 2. The molecule has 0 aliphatic carbocycles. The Morgan fingerprint density at radius 3 is 2.62 bits per heavy atom. The Hall–Kier alpha value is -2.49. The monoisotopic (exact) mass is 326 g/mol. The minimum Gasteiger partial charge on any atom is -0.494 e. The Kier molecular flexibility index (Phi) is 7.15. The fraction of sp³-hybridized carbons (Fsp3) is 0.350. The van der Waals surface area contributed by atoms with Crippen molar-refractivity contribution in [3.63, 3.8) is 0 Å². The van der Waals surface area contributed by atoms with E-state index in [9.17, 15) is 4.79 Å². The molecular weight excluding hydrogens is 300 g/mol. The van der Waals surface area contributed by atoms with Gasteiger partial charge in [-0.2, -0.15) is 0 Å². The van der Waals surface area contributed by atoms with Gasteiger partial charge < -0.3 is 15.4 Å². The summed E-state index contributed by atoms with van der Waals surface area (Å²) in [4.78, 5) is 11.9. The number of hydrogen-bond acceptors (Lipinski definition) is 3. The maximum Gasteiger partial charge on any atom is 0.239 e. The van der Waals surface area contributed by atoms with E-state index in [1.165, 1.54) is 0 Å². The predicted molar refractivity (Wildman–Crippen MR) is 98.2 cm³/mol. The van der Waals surface area contributed by atoms with Gasteiger partial charge in [0.2, 0.25) is 5.91 Å². The zero-order valence-corrected chi connectivity index (χ0v) is 14.4. The Morgan fingerprint density at radius 1 is 1.08 bits per heavy atom. The standard InChI is InChI=1S/C20H26N2O2/c1-16(2)11-12-24-19-10-6-9-18(13-19)21-15-20(23)22-14-17-7-4-3-5-8-17/h3-10,13,16,21H,11-12,14-15H2,1-2H3,(H,22,23). The third-order valence-corrected chi connectivity index (χ3v) is 3.58. The van der Waals surface area contributed by atoms with Crippen molar-refractivity contribution in [3.8, 4) is 5.75 Å². The molecule has 0 aliphatic heterocycles. The van der Waals surface area contributed by atoms with Gasteiger partial charge in [-0.3, -0.25) is 4.79 Å². The van der Waals surface area contributed by atoms with Crippen molar-refractivity contribution in [2.75, 3.05) is 18.5 Å². The van der Waals surface area contributed by atoms with E-state index < -0.39 is 0 Å². The molecule has 0 saturated carbocycles. The molecule has 0 aliphatic rings. The number of carbonyl (C=O) groups excluding carboxylic acids is 1.